The molecule has 0 saturated heterocycles. The molecule has 3 heteroatoms. The van der Waals surface area contributed by atoms with Crippen molar-refractivity contribution in [3.05, 3.63) is 48.3 Å². The van der Waals surface area contributed by atoms with Crippen LogP contribution in [0.5, 0.6) is 0 Å². The monoisotopic (exact) mass is 223 g/mol. The van der Waals surface area contributed by atoms with Crippen molar-refractivity contribution in [2.75, 3.05) is 11.9 Å². The number of aliphatic imine (C=N–C) groups is 1. The van der Waals surface area contributed by atoms with E-state index in [2.05, 4.69) is 40.1 Å². The molecule has 1 aliphatic heterocycles. The fourth-order valence-corrected chi connectivity index (χ4v) is 2.19. The zero-order valence-electron chi connectivity index (χ0n) is 9.88. The SMILES string of the molecule is CC1=Nc2cnccc2N(C)c2ccccc21. The maximum absolute atomic E-state index is 4.64. The summed E-state index contributed by atoms with van der Waals surface area (Å²) in [6, 6.07) is 10.3. The Labute approximate surface area is 100 Å². The van der Waals surface area contributed by atoms with E-state index in [1.165, 1.54) is 11.3 Å². The third-order valence-corrected chi connectivity index (χ3v) is 3.08. The Morgan fingerprint density at radius 2 is 1.88 bits per heavy atom. The fraction of sp³-hybridized carbons (Fsp3) is 0.143. The largest absolute Gasteiger partial charge is 0.342 e. The summed E-state index contributed by atoms with van der Waals surface area (Å²) in [5, 5.41) is 0. The summed E-state index contributed by atoms with van der Waals surface area (Å²) in [6.07, 6.45) is 3.61. The number of aromatic nitrogens is 1. The van der Waals surface area contributed by atoms with Gasteiger partial charge in [0.05, 0.1) is 17.6 Å². The molecule has 0 aliphatic carbocycles. The van der Waals surface area contributed by atoms with E-state index in [9.17, 15) is 0 Å². The molecule has 84 valence electrons. The van der Waals surface area contributed by atoms with Crippen LogP contribution in [-0.4, -0.2) is 17.7 Å². The molecule has 0 fully saturated rings. The second kappa shape index (κ2) is 3.70. The second-order valence-corrected chi connectivity index (χ2v) is 4.14. The van der Waals surface area contributed by atoms with Gasteiger partial charge in [-0.15, -0.1) is 0 Å². The van der Waals surface area contributed by atoms with E-state index in [0.29, 0.717) is 0 Å². The molecule has 0 amide bonds. The maximum Gasteiger partial charge on any atom is 0.105 e. The summed E-state index contributed by atoms with van der Waals surface area (Å²) in [5.41, 5.74) is 5.39. The molecule has 0 atom stereocenters. The highest BCUT2D eigenvalue weighted by Crippen LogP contribution is 2.37. The summed E-state index contributed by atoms with van der Waals surface area (Å²) in [7, 11) is 2.06. The molecule has 0 bridgehead atoms. The molecule has 3 rings (SSSR count). The Hall–Kier alpha value is -2.16. The summed E-state index contributed by atoms with van der Waals surface area (Å²) in [6.45, 7) is 2.04. The quantitative estimate of drug-likeness (QED) is 0.685. The molecule has 1 aromatic heterocycles. The van der Waals surface area contributed by atoms with Crippen molar-refractivity contribution in [2.24, 2.45) is 4.99 Å². The van der Waals surface area contributed by atoms with Crippen LogP contribution in [0.2, 0.25) is 0 Å². The lowest BCUT2D eigenvalue weighted by molar-refractivity contribution is 1.19. The Morgan fingerprint density at radius 3 is 2.76 bits per heavy atom. The molecule has 0 N–H and O–H groups in total. The van der Waals surface area contributed by atoms with Gasteiger partial charge in [0.2, 0.25) is 0 Å². The molecular formula is C14H13N3. The van der Waals surface area contributed by atoms with Crippen molar-refractivity contribution in [3.8, 4) is 0 Å². The number of benzene rings is 1. The number of anilines is 2. The van der Waals surface area contributed by atoms with Crippen LogP contribution < -0.4 is 4.90 Å². The molecule has 2 aromatic rings. The van der Waals surface area contributed by atoms with Crippen molar-refractivity contribution in [1.82, 2.24) is 4.98 Å². The van der Waals surface area contributed by atoms with Gasteiger partial charge in [0.15, 0.2) is 0 Å². The minimum atomic E-state index is 0.920. The number of fused-ring (bicyclic) bond motifs is 2. The van der Waals surface area contributed by atoms with Gasteiger partial charge in [-0.1, -0.05) is 18.2 Å². The van der Waals surface area contributed by atoms with Gasteiger partial charge in [-0.05, 0) is 19.1 Å². The summed E-state index contributed by atoms with van der Waals surface area (Å²) in [5.74, 6) is 0. The standard InChI is InChI=1S/C14H13N3/c1-10-11-5-3-4-6-13(11)17(2)14-7-8-15-9-12(14)16-10/h3-9H,1-2H3. The highest BCUT2D eigenvalue weighted by atomic mass is 15.1. The summed E-state index contributed by atoms with van der Waals surface area (Å²) < 4.78 is 0. The predicted molar refractivity (Wildman–Crippen MR) is 70.6 cm³/mol. The van der Waals surface area contributed by atoms with Gasteiger partial charge in [-0.3, -0.25) is 4.98 Å². The van der Waals surface area contributed by atoms with E-state index in [1.807, 2.05) is 19.1 Å². The number of hydrogen-bond donors (Lipinski definition) is 0. The summed E-state index contributed by atoms with van der Waals surface area (Å²) in [4.78, 5) is 10.9. The smallest absolute Gasteiger partial charge is 0.105 e. The van der Waals surface area contributed by atoms with Crippen LogP contribution in [0.15, 0.2) is 47.7 Å². The first-order valence-electron chi connectivity index (χ1n) is 5.60. The second-order valence-electron chi connectivity index (χ2n) is 4.14. The van der Waals surface area contributed by atoms with E-state index in [1.54, 1.807) is 12.4 Å². The van der Waals surface area contributed by atoms with E-state index < -0.39 is 0 Å². The number of pyridine rings is 1. The Bertz CT molecular complexity index is 602. The lowest BCUT2D eigenvalue weighted by Crippen LogP contribution is -2.11. The van der Waals surface area contributed by atoms with Gasteiger partial charge in [0.1, 0.15) is 5.69 Å². The maximum atomic E-state index is 4.64. The third-order valence-electron chi connectivity index (χ3n) is 3.08. The molecule has 1 aromatic carbocycles. The van der Waals surface area contributed by atoms with E-state index in [0.717, 1.165) is 17.1 Å². The average molecular weight is 223 g/mol. The van der Waals surface area contributed by atoms with Crippen LogP contribution in [-0.2, 0) is 0 Å². The zero-order chi connectivity index (χ0) is 11.8. The lowest BCUT2D eigenvalue weighted by Gasteiger charge is -2.20. The third kappa shape index (κ3) is 1.51. The topological polar surface area (TPSA) is 28.5 Å². The van der Waals surface area contributed by atoms with Gasteiger partial charge in [-0.2, -0.15) is 0 Å². The molecule has 17 heavy (non-hydrogen) atoms. The predicted octanol–water partition coefficient (Wildman–Crippen LogP) is 3.30. The van der Waals surface area contributed by atoms with Crippen LogP contribution in [0, 0.1) is 0 Å². The average Bonchev–Trinajstić information content (AvgIpc) is 2.48. The first-order chi connectivity index (χ1) is 8.27. The minimum absolute atomic E-state index is 0.920. The number of hydrogen-bond acceptors (Lipinski definition) is 3. The van der Waals surface area contributed by atoms with Crippen LogP contribution in [0.1, 0.15) is 12.5 Å². The normalized spacial score (nSPS) is 13.5. The number of nitrogens with zero attached hydrogens (tertiary/aromatic N) is 3. The van der Waals surface area contributed by atoms with Crippen molar-refractivity contribution >= 4 is 22.8 Å². The zero-order valence-corrected chi connectivity index (χ0v) is 9.88. The highest BCUT2D eigenvalue weighted by Gasteiger charge is 2.17. The number of para-hydroxylation sites is 1. The fourth-order valence-electron chi connectivity index (χ4n) is 2.19. The molecule has 0 spiro atoms. The van der Waals surface area contributed by atoms with Gasteiger partial charge < -0.3 is 4.90 Å². The van der Waals surface area contributed by atoms with Crippen LogP contribution in [0.4, 0.5) is 17.1 Å². The first-order valence-corrected chi connectivity index (χ1v) is 5.60. The van der Waals surface area contributed by atoms with Gasteiger partial charge >= 0.3 is 0 Å². The van der Waals surface area contributed by atoms with Gasteiger partial charge in [0.25, 0.3) is 0 Å². The first kappa shape index (κ1) is 10.0. The minimum Gasteiger partial charge on any atom is -0.342 e. The van der Waals surface area contributed by atoms with Crippen molar-refractivity contribution in [2.45, 2.75) is 6.92 Å². The Morgan fingerprint density at radius 1 is 1.06 bits per heavy atom. The van der Waals surface area contributed by atoms with Crippen molar-refractivity contribution in [3.63, 3.8) is 0 Å². The molecule has 0 saturated carbocycles. The van der Waals surface area contributed by atoms with Gasteiger partial charge in [0, 0.05) is 24.5 Å². The molecule has 0 unspecified atom stereocenters. The van der Waals surface area contributed by atoms with Crippen LogP contribution in [0.3, 0.4) is 0 Å². The molecule has 2 heterocycles. The van der Waals surface area contributed by atoms with Crippen LogP contribution >= 0.6 is 0 Å². The van der Waals surface area contributed by atoms with E-state index in [-0.39, 0.29) is 0 Å². The molecular weight excluding hydrogens is 210 g/mol. The number of rotatable bonds is 0. The van der Waals surface area contributed by atoms with E-state index in [4.69, 9.17) is 0 Å². The Kier molecular flexibility index (Phi) is 2.18. The summed E-state index contributed by atoms with van der Waals surface area (Å²) >= 11 is 0. The van der Waals surface area contributed by atoms with Crippen LogP contribution in [0.25, 0.3) is 0 Å². The Balaban J connectivity index is 2.32. The van der Waals surface area contributed by atoms with Gasteiger partial charge in [-0.25, -0.2) is 4.99 Å². The molecule has 3 nitrogen and oxygen atoms in total. The lowest BCUT2D eigenvalue weighted by atomic mass is 10.1. The molecule has 1 aliphatic rings. The molecule has 0 radical (unpaired) electrons. The van der Waals surface area contributed by atoms with E-state index >= 15 is 0 Å². The van der Waals surface area contributed by atoms with Crippen molar-refractivity contribution in [1.29, 1.82) is 0 Å². The van der Waals surface area contributed by atoms with Crippen molar-refractivity contribution < 1.29 is 0 Å². The highest BCUT2D eigenvalue weighted by molar-refractivity contribution is 6.07.